The summed E-state index contributed by atoms with van der Waals surface area (Å²) in [6, 6.07) is 11.3. The highest BCUT2D eigenvalue weighted by Gasteiger charge is 2.25. The molecule has 1 amide bonds. The van der Waals surface area contributed by atoms with Crippen LogP contribution in [0.5, 0.6) is 0 Å². The third kappa shape index (κ3) is 7.14. The second-order valence-electron chi connectivity index (χ2n) is 8.65. The molecule has 1 aromatic carbocycles. The molecule has 0 aliphatic carbocycles. The predicted molar refractivity (Wildman–Crippen MR) is 150 cm³/mol. The molecule has 1 fully saturated rings. The van der Waals surface area contributed by atoms with Gasteiger partial charge in [0.15, 0.2) is 0 Å². The van der Waals surface area contributed by atoms with E-state index >= 15 is 0 Å². The molecule has 0 radical (unpaired) electrons. The van der Waals surface area contributed by atoms with Gasteiger partial charge in [0, 0.05) is 74.2 Å². The number of carbonyl (C=O) groups is 2. The van der Waals surface area contributed by atoms with Crippen molar-refractivity contribution in [2.24, 2.45) is 0 Å². The summed E-state index contributed by atoms with van der Waals surface area (Å²) in [5.74, 6) is 2.34. The Hall–Kier alpha value is -3.31. The van der Waals surface area contributed by atoms with E-state index in [1.807, 2.05) is 49.1 Å². The number of hydrogen-bond donors (Lipinski definition) is 0. The molecule has 7 nitrogen and oxygen atoms in total. The zero-order chi connectivity index (χ0) is 24.8. The number of esters is 1. The van der Waals surface area contributed by atoms with Crippen molar-refractivity contribution in [2.45, 2.75) is 20.3 Å². The molecule has 2 aliphatic rings. The molecule has 0 saturated carbocycles. The van der Waals surface area contributed by atoms with E-state index in [-0.39, 0.29) is 36.7 Å². The number of benzene rings is 1. The lowest BCUT2D eigenvalue weighted by Gasteiger charge is -2.34. The van der Waals surface area contributed by atoms with Crippen LogP contribution < -0.4 is 4.90 Å². The second-order valence-corrected chi connectivity index (χ2v) is 8.65. The van der Waals surface area contributed by atoms with Crippen LogP contribution >= 0.6 is 24.8 Å². The lowest BCUT2D eigenvalue weighted by Crippen LogP contribution is -2.49. The van der Waals surface area contributed by atoms with Gasteiger partial charge in [0.1, 0.15) is 6.61 Å². The number of carbonyl (C=O) groups excluding carboxylic acids is 2. The van der Waals surface area contributed by atoms with Crippen LogP contribution in [0.15, 0.2) is 71.8 Å². The zero-order valence-electron chi connectivity index (χ0n) is 21.1. The summed E-state index contributed by atoms with van der Waals surface area (Å²) >= 11 is 0. The first-order valence-electron chi connectivity index (χ1n) is 11.8. The Kier molecular flexibility index (Phi) is 11.2. The highest BCUT2D eigenvalue weighted by atomic mass is 35.5. The lowest BCUT2D eigenvalue weighted by molar-refractivity contribution is -0.139. The first-order valence-corrected chi connectivity index (χ1v) is 11.8. The van der Waals surface area contributed by atoms with Gasteiger partial charge in [-0.05, 0) is 50.2 Å². The van der Waals surface area contributed by atoms with E-state index in [0.29, 0.717) is 43.8 Å². The number of rotatable bonds is 6. The monoisotopic (exact) mass is 542 g/mol. The fourth-order valence-corrected chi connectivity index (χ4v) is 4.42. The lowest BCUT2D eigenvalue weighted by atomic mass is 10.0. The number of ether oxygens (including phenoxy) is 1. The maximum atomic E-state index is 12.9. The summed E-state index contributed by atoms with van der Waals surface area (Å²) in [5.41, 5.74) is 4.96. The van der Waals surface area contributed by atoms with Gasteiger partial charge in [-0.15, -0.1) is 31.2 Å². The number of allylic oxidation sites excluding steroid dienone is 3. The van der Waals surface area contributed by atoms with Gasteiger partial charge in [0.2, 0.25) is 0 Å². The number of hydrogen-bond acceptors (Lipinski definition) is 6. The molecular formula is C28H32Cl2N4O3. The van der Waals surface area contributed by atoms with Gasteiger partial charge in [-0.1, -0.05) is 12.0 Å². The Bertz CT molecular complexity index is 1180. The van der Waals surface area contributed by atoms with Crippen molar-refractivity contribution in [3.05, 3.63) is 83.0 Å². The van der Waals surface area contributed by atoms with E-state index in [1.165, 1.54) is 0 Å². The summed E-state index contributed by atoms with van der Waals surface area (Å²) in [7, 11) is 0. The van der Waals surface area contributed by atoms with Crippen LogP contribution in [0, 0.1) is 12.3 Å². The van der Waals surface area contributed by atoms with Crippen molar-refractivity contribution in [3.8, 4) is 12.3 Å². The maximum absolute atomic E-state index is 12.9. The third-order valence-electron chi connectivity index (χ3n) is 6.47. The van der Waals surface area contributed by atoms with Gasteiger partial charge in [-0.2, -0.15) is 0 Å². The van der Waals surface area contributed by atoms with Crippen molar-refractivity contribution in [3.63, 3.8) is 0 Å². The quantitative estimate of drug-likeness (QED) is 0.400. The van der Waals surface area contributed by atoms with Crippen LogP contribution in [0.1, 0.15) is 36.2 Å². The molecule has 1 saturated heterocycles. The summed E-state index contributed by atoms with van der Waals surface area (Å²) in [6.45, 7) is 7.70. The molecule has 1 aromatic heterocycles. The molecule has 4 rings (SSSR count). The van der Waals surface area contributed by atoms with Crippen LogP contribution in [0.4, 0.5) is 5.69 Å². The number of terminal acetylenes is 1. The molecule has 3 heterocycles. The minimum atomic E-state index is -0.290. The summed E-state index contributed by atoms with van der Waals surface area (Å²) in [4.78, 5) is 35.6. The SMILES string of the molecule is C#Cc1ccc(N2C(C)=CCC(C(=O)OCCN3CCN(C(=O)c4cccnc4)CC3)=C2C)cc1.Cl.Cl. The molecule has 196 valence electrons. The van der Waals surface area contributed by atoms with Crippen LogP contribution in [-0.4, -0.2) is 66.0 Å². The number of pyridine rings is 1. The smallest absolute Gasteiger partial charge is 0.336 e. The Labute approximate surface area is 231 Å². The number of piperazine rings is 1. The van der Waals surface area contributed by atoms with Crippen molar-refractivity contribution in [2.75, 3.05) is 44.2 Å². The number of aromatic nitrogens is 1. The summed E-state index contributed by atoms with van der Waals surface area (Å²) in [6.07, 6.45) is 11.3. The minimum Gasteiger partial charge on any atom is -0.461 e. The van der Waals surface area contributed by atoms with E-state index in [0.717, 1.165) is 35.7 Å². The molecule has 0 unspecified atom stereocenters. The predicted octanol–water partition coefficient (Wildman–Crippen LogP) is 4.30. The van der Waals surface area contributed by atoms with E-state index in [2.05, 4.69) is 20.7 Å². The normalized spacial score (nSPS) is 15.6. The molecule has 0 bridgehead atoms. The van der Waals surface area contributed by atoms with E-state index < -0.39 is 0 Å². The van der Waals surface area contributed by atoms with Crippen molar-refractivity contribution in [1.82, 2.24) is 14.8 Å². The van der Waals surface area contributed by atoms with Gasteiger partial charge in [0.05, 0.1) is 11.1 Å². The third-order valence-corrected chi connectivity index (χ3v) is 6.47. The molecular weight excluding hydrogens is 511 g/mol. The maximum Gasteiger partial charge on any atom is 0.336 e. The number of amides is 1. The topological polar surface area (TPSA) is 66.0 Å². The van der Waals surface area contributed by atoms with Gasteiger partial charge < -0.3 is 14.5 Å². The van der Waals surface area contributed by atoms with Crippen LogP contribution in [-0.2, 0) is 9.53 Å². The van der Waals surface area contributed by atoms with Gasteiger partial charge in [-0.3, -0.25) is 14.7 Å². The van der Waals surface area contributed by atoms with Crippen molar-refractivity contribution >= 4 is 42.4 Å². The molecule has 2 aliphatic heterocycles. The van der Waals surface area contributed by atoms with Crippen LogP contribution in [0.25, 0.3) is 0 Å². The first-order chi connectivity index (χ1) is 17.0. The average Bonchev–Trinajstić information content (AvgIpc) is 2.89. The number of nitrogens with zero attached hydrogens (tertiary/aromatic N) is 4. The van der Waals surface area contributed by atoms with Crippen molar-refractivity contribution < 1.29 is 14.3 Å². The molecule has 0 spiro atoms. The van der Waals surface area contributed by atoms with E-state index in [4.69, 9.17) is 11.2 Å². The Morgan fingerprint density at radius 2 is 1.76 bits per heavy atom. The molecule has 2 aromatic rings. The highest BCUT2D eigenvalue weighted by molar-refractivity contribution is 5.94. The summed E-state index contributed by atoms with van der Waals surface area (Å²) in [5, 5.41) is 0. The largest absolute Gasteiger partial charge is 0.461 e. The Morgan fingerprint density at radius 3 is 2.38 bits per heavy atom. The molecule has 37 heavy (non-hydrogen) atoms. The van der Waals surface area contributed by atoms with Gasteiger partial charge in [-0.25, -0.2) is 4.79 Å². The standard InChI is InChI=1S/C28H30N4O3.2ClH/c1-4-23-8-10-25(11-9-23)32-21(2)7-12-26(22(32)3)28(34)35-19-18-30-14-16-31(17-15-30)27(33)24-6-5-13-29-20-24;;/h1,5-11,13,20H,12,14-19H2,2-3H3;2*1H. The van der Waals surface area contributed by atoms with Crippen LogP contribution in [0.2, 0.25) is 0 Å². The fourth-order valence-electron chi connectivity index (χ4n) is 4.42. The molecule has 0 N–H and O–H groups in total. The van der Waals surface area contributed by atoms with Gasteiger partial charge >= 0.3 is 5.97 Å². The van der Waals surface area contributed by atoms with Gasteiger partial charge in [0.25, 0.3) is 5.91 Å². The summed E-state index contributed by atoms with van der Waals surface area (Å²) < 4.78 is 5.64. The van der Waals surface area contributed by atoms with E-state index in [9.17, 15) is 9.59 Å². The van der Waals surface area contributed by atoms with Crippen LogP contribution in [0.3, 0.4) is 0 Å². The van der Waals surface area contributed by atoms with Crippen molar-refractivity contribution in [1.29, 1.82) is 0 Å². The first kappa shape index (κ1) is 29.9. The molecule has 0 atom stereocenters. The fraction of sp³-hybridized carbons (Fsp3) is 0.321. The Balaban J connectivity index is 0.00000241. The Morgan fingerprint density at radius 1 is 1.05 bits per heavy atom. The number of anilines is 1. The molecule has 9 heteroatoms. The van der Waals surface area contributed by atoms with E-state index in [1.54, 1.807) is 24.5 Å². The average molecular weight is 543 g/mol. The minimum absolute atomic E-state index is 0. The highest BCUT2D eigenvalue weighted by Crippen LogP contribution is 2.31. The second kappa shape index (κ2) is 13.8. The number of halogens is 2. The zero-order valence-corrected chi connectivity index (χ0v) is 22.7.